The van der Waals surface area contributed by atoms with E-state index < -0.39 is 5.60 Å². The molecule has 0 aromatic heterocycles. The number of hydrogen-bond donors (Lipinski definition) is 3. The number of nitrogens with two attached hydrogens (primary N) is 1. The van der Waals surface area contributed by atoms with E-state index in [4.69, 9.17) is 11.1 Å². The molecule has 1 fully saturated rings. The number of nitrogens with zero attached hydrogens (tertiary/aromatic N) is 1. The Morgan fingerprint density at radius 3 is 2.84 bits per heavy atom. The SMILES string of the molecule is CSc1cccc(N2CCCC(C)(O)C2)c1C(=N)N. The molecule has 1 aromatic carbocycles. The Bertz CT molecular complexity index is 488. The summed E-state index contributed by atoms with van der Waals surface area (Å²) >= 11 is 1.59. The van der Waals surface area contributed by atoms with Gasteiger partial charge in [0.2, 0.25) is 0 Å². The molecule has 2 rings (SSSR count). The highest BCUT2D eigenvalue weighted by Crippen LogP contribution is 2.32. The highest BCUT2D eigenvalue weighted by Gasteiger charge is 2.30. The molecule has 0 saturated carbocycles. The highest BCUT2D eigenvalue weighted by molar-refractivity contribution is 7.98. The van der Waals surface area contributed by atoms with Crippen molar-refractivity contribution in [2.24, 2.45) is 5.73 Å². The van der Waals surface area contributed by atoms with Crippen molar-refractivity contribution in [3.8, 4) is 0 Å². The molecule has 1 aromatic rings. The van der Waals surface area contributed by atoms with Gasteiger partial charge in [-0.1, -0.05) is 6.07 Å². The Morgan fingerprint density at radius 2 is 2.26 bits per heavy atom. The summed E-state index contributed by atoms with van der Waals surface area (Å²) in [5.41, 5.74) is 6.82. The fraction of sp³-hybridized carbons (Fsp3) is 0.500. The van der Waals surface area contributed by atoms with E-state index in [2.05, 4.69) is 4.90 Å². The smallest absolute Gasteiger partial charge is 0.126 e. The van der Waals surface area contributed by atoms with E-state index in [1.54, 1.807) is 11.8 Å². The maximum atomic E-state index is 10.2. The summed E-state index contributed by atoms with van der Waals surface area (Å²) in [4.78, 5) is 3.15. The van der Waals surface area contributed by atoms with Gasteiger partial charge in [-0.05, 0) is 38.2 Å². The van der Waals surface area contributed by atoms with Crippen LogP contribution in [-0.2, 0) is 0 Å². The minimum absolute atomic E-state index is 0.0881. The molecule has 4 N–H and O–H groups in total. The van der Waals surface area contributed by atoms with Crippen molar-refractivity contribution in [1.82, 2.24) is 0 Å². The third-order valence-electron chi connectivity index (χ3n) is 3.51. The molecule has 1 unspecified atom stereocenters. The first-order valence-corrected chi connectivity index (χ1v) is 7.66. The standard InChI is InChI=1S/C14H21N3OS/c1-14(18)7-4-8-17(9-14)10-5-3-6-11(19-2)12(10)13(15)16/h3,5-6,18H,4,7-9H2,1-2H3,(H3,15,16). The maximum Gasteiger partial charge on any atom is 0.126 e. The van der Waals surface area contributed by atoms with Crippen molar-refractivity contribution < 1.29 is 5.11 Å². The molecule has 0 spiro atoms. The molecule has 0 aliphatic carbocycles. The predicted octanol–water partition coefficient (Wildman–Crippen LogP) is 2.04. The van der Waals surface area contributed by atoms with Gasteiger partial charge in [-0.3, -0.25) is 5.41 Å². The van der Waals surface area contributed by atoms with E-state index in [0.29, 0.717) is 6.54 Å². The van der Waals surface area contributed by atoms with Crippen molar-refractivity contribution in [2.45, 2.75) is 30.3 Å². The monoisotopic (exact) mass is 279 g/mol. The van der Waals surface area contributed by atoms with Crippen LogP contribution in [-0.4, -0.2) is 35.9 Å². The van der Waals surface area contributed by atoms with Crippen LogP contribution in [0.25, 0.3) is 0 Å². The summed E-state index contributed by atoms with van der Waals surface area (Å²) in [6.45, 7) is 3.35. The summed E-state index contributed by atoms with van der Waals surface area (Å²) < 4.78 is 0. The largest absolute Gasteiger partial charge is 0.388 e. The van der Waals surface area contributed by atoms with E-state index in [1.165, 1.54) is 0 Å². The minimum Gasteiger partial charge on any atom is -0.388 e. The lowest BCUT2D eigenvalue weighted by atomic mass is 9.94. The van der Waals surface area contributed by atoms with Gasteiger partial charge in [0.25, 0.3) is 0 Å². The number of nitrogens with one attached hydrogen (secondary N) is 1. The lowest BCUT2D eigenvalue weighted by molar-refractivity contribution is 0.0449. The number of piperidine rings is 1. The quantitative estimate of drug-likeness (QED) is 0.450. The zero-order chi connectivity index (χ0) is 14.0. The number of rotatable bonds is 3. The van der Waals surface area contributed by atoms with Crippen LogP contribution in [0.4, 0.5) is 5.69 Å². The first kappa shape index (κ1) is 14.2. The van der Waals surface area contributed by atoms with E-state index in [0.717, 1.165) is 35.5 Å². The summed E-state index contributed by atoms with van der Waals surface area (Å²) in [5.74, 6) is 0.0881. The lowest BCUT2D eigenvalue weighted by Gasteiger charge is -2.39. The van der Waals surface area contributed by atoms with Gasteiger partial charge >= 0.3 is 0 Å². The first-order chi connectivity index (χ1) is 8.94. The van der Waals surface area contributed by atoms with Gasteiger partial charge in [-0.25, -0.2) is 0 Å². The molecule has 104 valence electrons. The second kappa shape index (κ2) is 5.43. The van der Waals surface area contributed by atoms with Crippen LogP contribution in [0.15, 0.2) is 23.1 Å². The van der Waals surface area contributed by atoms with Crippen molar-refractivity contribution >= 4 is 23.3 Å². The summed E-state index contributed by atoms with van der Waals surface area (Å²) in [6, 6.07) is 5.95. The number of benzene rings is 1. The average molecular weight is 279 g/mol. The molecule has 0 bridgehead atoms. The zero-order valence-electron chi connectivity index (χ0n) is 11.4. The molecule has 0 radical (unpaired) electrons. The van der Waals surface area contributed by atoms with Crippen molar-refractivity contribution in [2.75, 3.05) is 24.2 Å². The van der Waals surface area contributed by atoms with Gasteiger partial charge in [0.15, 0.2) is 0 Å². The minimum atomic E-state index is -0.665. The summed E-state index contributed by atoms with van der Waals surface area (Å²) in [5, 5.41) is 18.0. The molecule has 5 heteroatoms. The van der Waals surface area contributed by atoms with Gasteiger partial charge in [0.1, 0.15) is 5.84 Å². The Balaban J connectivity index is 2.41. The van der Waals surface area contributed by atoms with Crippen molar-refractivity contribution in [1.29, 1.82) is 5.41 Å². The fourth-order valence-corrected chi connectivity index (χ4v) is 3.28. The Kier molecular flexibility index (Phi) is 4.06. The van der Waals surface area contributed by atoms with Gasteiger partial charge in [-0.15, -0.1) is 11.8 Å². The van der Waals surface area contributed by atoms with Gasteiger partial charge in [0, 0.05) is 23.7 Å². The van der Waals surface area contributed by atoms with E-state index in [9.17, 15) is 5.11 Å². The Hall–Kier alpha value is -1.20. The number of β-amino-alcohol motifs (C(OH)–C–C–N with tert-alkyl or cyclic N) is 1. The number of amidine groups is 1. The molecule has 4 nitrogen and oxygen atoms in total. The number of anilines is 1. The third-order valence-corrected chi connectivity index (χ3v) is 4.29. The zero-order valence-corrected chi connectivity index (χ0v) is 12.3. The highest BCUT2D eigenvalue weighted by atomic mass is 32.2. The van der Waals surface area contributed by atoms with Crippen molar-refractivity contribution in [3.63, 3.8) is 0 Å². The molecular weight excluding hydrogens is 258 g/mol. The molecule has 0 amide bonds. The summed E-state index contributed by atoms with van der Waals surface area (Å²) in [6.07, 6.45) is 3.76. The normalized spacial score (nSPS) is 23.4. The molecule has 1 saturated heterocycles. The predicted molar refractivity (Wildman–Crippen MR) is 81.3 cm³/mol. The molecule has 1 atom stereocenters. The average Bonchev–Trinajstić information content (AvgIpc) is 2.36. The fourth-order valence-electron chi connectivity index (χ4n) is 2.65. The van der Waals surface area contributed by atoms with Crippen LogP contribution in [0, 0.1) is 5.41 Å². The van der Waals surface area contributed by atoms with Gasteiger partial charge in [0.05, 0.1) is 11.2 Å². The number of nitrogen functional groups attached to an aromatic ring is 1. The van der Waals surface area contributed by atoms with Gasteiger partial charge < -0.3 is 15.7 Å². The molecule has 1 aliphatic rings. The summed E-state index contributed by atoms with van der Waals surface area (Å²) in [7, 11) is 0. The molecule has 19 heavy (non-hydrogen) atoms. The Labute approximate surface area is 118 Å². The first-order valence-electron chi connectivity index (χ1n) is 6.43. The Morgan fingerprint density at radius 1 is 1.53 bits per heavy atom. The third kappa shape index (κ3) is 3.04. The van der Waals surface area contributed by atoms with Crippen LogP contribution >= 0.6 is 11.8 Å². The van der Waals surface area contributed by atoms with Crippen LogP contribution in [0.2, 0.25) is 0 Å². The van der Waals surface area contributed by atoms with Crippen LogP contribution in [0.3, 0.4) is 0 Å². The van der Waals surface area contributed by atoms with Crippen LogP contribution in [0.5, 0.6) is 0 Å². The van der Waals surface area contributed by atoms with Gasteiger partial charge in [-0.2, -0.15) is 0 Å². The number of thioether (sulfide) groups is 1. The second-order valence-corrected chi connectivity index (χ2v) is 6.14. The van der Waals surface area contributed by atoms with E-state index >= 15 is 0 Å². The van der Waals surface area contributed by atoms with Crippen molar-refractivity contribution in [3.05, 3.63) is 23.8 Å². The molecule has 1 aliphatic heterocycles. The van der Waals surface area contributed by atoms with E-state index in [-0.39, 0.29) is 5.84 Å². The second-order valence-electron chi connectivity index (χ2n) is 5.29. The molecule has 1 heterocycles. The van der Waals surface area contributed by atoms with E-state index in [1.807, 2.05) is 31.4 Å². The maximum absolute atomic E-state index is 10.2. The van der Waals surface area contributed by atoms with Crippen LogP contribution < -0.4 is 10.6 Å². The number of aliphatic hydroxyl groups is 1. The van der Waals surface area contributed by atoms with Crippen LogP contribution in [0.1, 0.15) is 25.3 Å². The lowest BCUT2D eigenvalue weighted by Crippen LogP contribution is -2.46. The molecular formula is C14H21N3OS. The topological polar surface area (TPSA) is 73.3 Å². The number of hydrogen-bond acceptors (Lipinski definition) is 4.